The van der Waals surface area contributed by atoms with Crippen LogP contribution < -0.4 is 10.6 Å². The lowest BCUT2D eigenvalue weighted by atomic mass is 9.76. The first-order valence-corrected chi connectivity index (χ1v) is 10.8. The van der Waals surface area contributed by atoms with Gasteiger partial charge in [0.1, 0.15) is 11.3 Å². The number of imide groups is 1. The minimum atomic E-state index is -1.25. The van der Waals surface area contributed by atoms with Crippen molar-refractivity contribution in [2.75, 3.05) is 11.9 Å². The molecule has 0 unspecified atom stereocenters. The SMILES string of the molecule is CCCCN1C(=O)[C@@H]2[C@H](Cc3ccc(O)cc3)N[C@]3(C(=O)Nc4ccccc43)[C@@H]2C1=O. The molecule has 3 N–H and O–H groups in total. The molecule has 2 saturated heterocycles. The molecule has 2 fully saturated rings. The fourth-order valence-electron chi connectivity index (χ4n) is 5.42. The van der Waals surface area contributed by atoms with Gasteiger partial charge in [0.15, 0.2) is 0 Å². The summed E-state index contributed by atoms with van der Waals surface area (Å²) in [6.45, 7) is 2.40. The monoisotopic (exact) mass is 419 g/mol. The Hall–Kier alpha value is -3.19. The topological polar surface area (TPSA) is 98.7 Å². The molecular formula is C24H25N3O4. The summed E-state index contributed by atoms with van der Waals surface area (Å²) >= 11 is 0. The summed E-state index contributed by atoms with van der Waals surface area (Å²) in [4.78, 5) is 41.6. The summed E-state index contributed by atoms with van der Waals surface area (Å²) in [5.74, 6) is -1.97. The van der Waals surface area contributed by atoms with Gasteiger partial charge in [0.05, 0.1) is 11.8 Å². The number of likely N-dealkylation sites (tertiary alicyclic amines) is 1. The molecular weight excluding hydrogens is 394 g/mol. The van der Waals surface area contributed by atoms with E-state index in [-0.39, 0.29) is 29.5 Å². The summed E-state index contributed by atoms with van der Waals surface area (Å²) in [7, 11) is 0. The molecule has 0 aliphatic carbocycles. The van der Waals surface area contributed by atoms with Gasteiger partial charge in [-0.25, -0.2) is 0 Å². The normalized spacial score (nSPS) is 28.9. The number of anilines is 1. The first kappa shape index (κ1) is 19.8. The van der Waals surface area contributed by atoms with Gasteiger partial charge < -0.3 is 10.4 Å². The Morgan fingerprint density at radius 2 is 1.77 bits per heavy atom. The fraction of sp³-hybridized carbons (Fsp3) is 0.375. The lowest BCUT2D eigenvalue weighted by Crippen LogP contribution is -2.53. The number of unbranched alkanes of at least 4 members (excludes halogenated alkanes) is 1. The molecule has 7 nitrogen and oxygen atoms in total. The standard InChI is InChI=1S/C24H25N3O4/c1-2-3-12-27-21(29)19-18(13-14-8-10-15(28)11-9-14)26-24(20(19)22(27)30)16-6-4-5-7-17(16)25-23(24)31/h4-11,18-20,26,28H,2-3,12-13H2,1H3,(H,25,31)/t18-,19+,20-,24-/m0/s1. The molecule has 2 aromatic carbocycles. The van der Waals surface area contributed by atoms with E-state index in [1.807, 2.05) is 31.2 Å². The van der Waals surface area contributed by atoms with Crippen molar-refractivity contribution in [1.82, 2.24) is 10.2 Å². The predicted octanol–water partition coefficient (Wildman–Crippen LogP) is 2.16. The third-order valence-electron chi connectivity index (χ3n) is 6.84. The minimum Gasteiger partial charge on any atom is -0.508 e. The molecule has 160 valence electrons. The Balaban J connectivity index is 1.59. The highest BCUT2D eigenvalue weighted by molar-refractivity contribution is 6.15. The van der Waals surface area contributed by atoms with Crippen molar-refractivity contribution in [1.29, 1.82) is 0 Å². The number of carbonyl (C=O) groups is 3. The molecule has 0 radical (unpaired) electrons. The highest BCUT2D eigenvalue weighted by atomic mass is 16.3. The largest absolute Gasteiger partial charge is 0.508 e. The molecule has 5 rings (SSSR count). The van der Waals surface area contributed by atoms with Crippen LogP contribution in [0, 0.1) is 11.8 Å². The molecule has 3 heterocycles. The van der Waals surface area contributed by atoms with E-state index < -0.39 is 17.4 Å². The van der Waals surface area contributed by atoms with Gasteiger partial charge >= 0.3 is 0 Å². The van der Waals surface area contributed by atoms with Crippen LogP contribution in [0.5, 0.6) is 5.75 Å². The van der Waals surface area contributed by atoms with Crippen LogP contribution in [0.25, 0.3) is 0 Å². The van der Waals surface area contributed by atoms with Crippen LogP contribution in [0.2, 0.25) is 0 Å². The van der Waals surface area contributed by atoms with E-state index in [1.54, 1.807) is 24.3 Å². The highest BCUT2D eigenvalue weighted by Crippen LogP contribution is 2.53. The number of nitrogens with zero attached hydrogens (tertiary/aromatic N) is 1. The lowest BCUT2D eigenvalue weighted by molar-refractivity contribution is -0.142. The molecule has 3 amide bonds. The number of benzene rings is 2. The summed E-state index contributed by atoms with van der Waals surface area (Å²) in [5, 5.41) is 15.9. The van der Waals surface area contributed by atoms with Crippen LogP contribution in [0.15, 0.2) is 48.5 Å². The van der Waals surface area contributed by atoms with Gasteiger partial charge in [-0.3, -0.25) is 24.6 Å². The maximum absolute atomic E-state index is 13.5. The molecule has 0 bridgehead atoms. The summed E-state index contributed by atoms with van der Waals surface area (Å²) in [5.41, 5.74) is 1.07. The number of hydrogen-bond acceptors (Lipinski definition) is 5. The molecule has 4 atom stereocenters. The van der Waals surface area contributed by atoms with E-state index in [1.165, 1.54) is 4.90 Å². The number of nitrogens with one attached hydrogen (secondary N) is 2. The van der Waals surface area contributed by atoms with Crippen LogP contribution in [0.3, 0.4) is 0 Å². The number of para-hydroxylation sites is 1. The van der Waals surface area contributed by atoms with Crippen LogP contribution in [0.1, 0.15) is 30.9 Å². The Bertz CT molecular complexity index is 1070. The van der Waals surface area contributed by atoms with Crippen molar-refractivity contribution in [3.63, 3.8) is 0 Å². The molecule has 3 aliphatic rings. The molecule has 0 aromatic heterocycles. The second kappa shape index (κ2) is 7.20. The lowest BCUT2D eigenvalue weighted by Gasteiger charge is -2.29. The zero-order chi connectivity index (χ0) is 21.8. The average molecular weight is 419 g/mol. The first-order chi connectivity index (χ1) is 15.0. The number of phenols is 1. The Morgan fingerprint density at radius 1 is 1.03 bits per heavy atom. The number of hydrogen-bond donors (Lipinski definition) is 3. The van der Waals surface area contributed by atoms with Crippen LogP contribution >= 0.6 is 0 Å². The second-order valence-electron chi connectivity index (χ2n) is 8.61. The molecule has 0 saturated carbocycles. The molecule has 1 spiro atoms. The van der Waals surface area contributed by atoms with E-state index in [9.17, 15) is 19.5 Å². The first-order valence-electron chi connectivity index (χ1n) is 10.8. The van der Waals surface area contributed by atoms with Gasteiger partial charge in [0, 0.05) is 23.8 Å². The van der Waals surface area contributed by atoms with Crippen molar-refractivity contribution in [3.8, 4) is 5.75 Å². The zero-order valence-corrected chi connectivity index (χ0v) is 17.3. The van der Waals surface area contributed by atoms with Crippen molar-refractivity contribution < 1.29 is 19.5 Å². The van der Waals surface area contributed by atoms with Crippen LogP contribution in [0.4, 0.5) is 5.69 Å². The predicted molar refractivity (Wildman–Crippen MR) is 114 cm³/mol. The smallest absolute Gasteiger partial charge is 0.250 e. The zero-order valence-electron chi connectivity index (χ0n) is 17.3. The Kier molecular flexibility index (Phi) is 4.59. The minimum absolute atomic E-state index is 0.166. The third kappa shape index (κ3) is 2.80. The van der Waals surface area contributed by atoms with Gasteiger partial charge in [-0.05, 0) is 36.6 Å². The quantitative estimate of drug-likeness (QED) is 0.645. The number of rotatable bonds is 5. The van der Waals surface area contributed by atoms with E-state index in [0.717, 1.165) is 24.0 Å². The molecule has 3 aliphatic heterocycles. The van der Waals surface area contributed by atoms with Gasteiger partial charge in [-0.1, -0.05) is 43.7 Å². The Morgan fingerprint density at radius 3 is 2.52 bits per heavy atom. The van der Waals surface area contributed by atoms with Gasteiger partial charge in [0.25, 0.3) is 0 Å². The summed E-state index contributed by atoms with van der Waals surface area (Å²) in [6, 6.07) is 13.8. The van der Waals surface area contributed by atoms with Gasteiger partial charge in [-0.2, -0.15) is 0 Å². The summed E-state index contributed by atoms with van der Waals surface area (Å²) < 4.78 is 0. The van der Waals surface area contributed by atoms with Gasteiger partial charge in [-0.15, -0.1) is 0 Å². The highest BCUT2D eigenvalue weighted by Gasteiger charge is 2.70. The van der Waals surface area contributed by atoms with E-state index in [4.69, 9.17) is 0 Å². The summed E-state index contributed by atoms with van der Waals surface area (Å²) in [6.07, 6.45) is 2.08. The van der Waals surface area contributed by atoms with Crippen molar-refractivity contribution in [2.24, 2.45) is 11.8 Å². The van der Waals surface area contributed by atoms with Crippen molar-refractivity contribution in [3.05, 3.63) is 59.7 Å². The second-order valence-corrected chi connectivity index (χ2v) is 8.61. The van der Waals surface area contributed by atoms with Crippen molar-refractivity contribution in [2.45, 2.75) is 37.8 Å². The number of carbonyl (C=O) groups excluding carboxylic acids is 3. The molecule has 7 heteroatoms. The average Bonchev–Trinajstić information content (AvgIpc) is 3.33. The fourth-order valence-corrected chi connectivity index (χ4v) is 5.42. The Labute approximate surface area is 180 Å². The van der Waals surface area contributed by atoms with E-state index in [0.29, 0.717) is 18.7 Å². The number of aromatic hydroxyl groups is 1. The number of phenolic OH excluding ortho intramolecular Hbond substituents is 1. The van der Waals surface area contributed by atoms with Crippen molar-refractivity contribution >= 4 is 23.4 Å². The molecule has 2 aromatic rings. The number of amides is 3. The van der Waals surface area contributed by atoms with Gasteiger partial charge in [0.2, 0.25) is 17.7 Å². The third-order valence-corrected chi connectivity index (χ3v) is 6.84. The maximum Gasteiger partial charge on any atom is 0.250 e. The van der Waals surface area contributed by atoms with Crippen LogP contribution in [-0.4, -0.2) is 40.3 Å². The molecule has 31 heavy (non-hydrogen) atoms. The van der Waals surface area contributed by atoms with E-state index in [2.05, 4.69) is 10.6 Å². The number of fused-ring (bicyclic) bond motifs is 4. The van der Waals surface area contributed by atoms with Crippen LogP contribution in [-0.2, 0) is 26.3 Å². The maximum atomic E-state index is 13.5. The van der Waals surface area contributed by atoms with E-state index >= 15 is 0 Å².